The van der Waals surface area contributed by atoms with Crippen molar-refractivity contribution in [3.8, 4) is 0 Å². The highest BCUT2D eigenvalue weighted by atomic mass is 16.5. The largest absolute Gasteiger partial charge is 0.379 e. The lowest BCUT2D eigenvalue weighted by molar-refractivity contribution is 0.0238. The molecule has 2 nitrogen and oxygen atoms in total. The molecule has 0 spiro atoms. The monoisotopic (exact) mass is 217 g/mol. The number of morpholine rings is 1. The highest BCUT2D eigenvalue weighted by Gasteiger charge is 2.11. The molecule has 0 aliphatic carbocycles. The normalized spacial score (nSPS) is 16.2. The summed E-state index contributed by atoms with van der Waals surface area (Å²) in [5.41, 5.74) is 0. The Morgan fingerprint density at radius 2 is 1.40 bits per heavy atom. The van der Waals surface area contributed by atoms with Gasteiger partial charge in [-0.05, 0) is 13.8 Å². The molecule has 0 radical (unpaired) electrons. The second kappa shape index (κ2) is 13.9. The van der Waals surface area contributed by atoms with Crippen molar-refractivity contribution >= 4 is 0 Å². The molecular formula is C13H31NO. The third-order valence-electron chi connectivity index (χ3n) is 2.28. The van der Waals surface area contributed by atoms with Crippen LogP contribution in [0.1, 0.15) is 54.4 Å². The average Bonchev–Trinajstić information content (AvgIpc) is 2.33. The number of ether oxygens (including phenoxy) is 1. The second-order valence-corrected chi connectivity index (χ2v) is 3.74. The summed E-state index contributed by atoms with van der Waals surface area (Å²) in [6.07, 6.45) is 2.64. The van der Waals surface area contributed by atoms with Crippen molar-refractivity contribution in [2.24, 2.45) is 0 Å². The van der Waals surface area contributed by atoms with E-state index in [1.165, 1.54) is 12.8 Å². The Kier molecular flexibility index (Phi) is 16.1. The van der Waals surface area contributed by atoms with Crippen molar-refractivity contribution in [3.05, 3.63) is 0 Å². The fourth-order valence-electron chi connectivity index (χ4n) is 1.09. The smallest absolute Gasteiger partial charge is 0.0594 e. The van der Waals surface area contributed by atoms with E-state index in [0.29, 0.717) is 6.04 Å². The molecule has 1 fully saturated rings. The van der Waals surface area contributed by atoms with E-state index in [1.54, 1.807) is 0 Å². The van der Waals surface area contributed by atoms with Crippen molar-refractivity contribution in [1.82, 2.24) is 4.90 Å². The standard InChI is InChI=1S/C7H15NO.C4H10.C2H6/c1-7(2)8-3-5-9-6-4-8;1-3-4-2;1-2/h7H,3-6H2,1-2H3;3-4H2,1-2H3;1-2H3. The fourth-order valence-corrected chi connectivity index (χ4v) is 1.09. The molecule has 1 heterocycles. The first-order chi connectivity index (χ1) is 7.22. The molecule has 0 bridgehead atoms. The summed E-state index contributed by atoms with van der Waals surface area (Å²) in [6.45, 7) is 16.9. The lowest BCUT2D eigenvalue weighted by Crippen LogP contribution is -2.40. The quantitative estimate of drug-likeness (QED) is 0.701. The van der Waals surface area contributed by atoms with Gasteiger partial charge >= 0.3 is 0 Å². The molecule has 0 saturated carbocycles. The Morgan fingerprint density at radius 3 is 1.60 bits per heavy atom. The van der Waals surface area contributed by atoms with E-state index in [0.717, 1.165) is 26.3 Å². The van der Waals surface area contributed by atoms with Crippen LogP contribution in [0.4, 0.5) is 0 Å². The molecule has 0 amide bonds. The van der Waals surface area contributed by atoms with Crippen LogP contribution in [0.5, 0.6) is 0 Å². The maximum absolute atomic E-state index is 5.21. The molecule has 0 aromatic heterocycles. The Labute approximate surface area is 97.0 Å². The van der Waals surface area contributed by atoms with Crippen LogP contribution in [0.3, 0.4) is 0 Å². The number of nitrogens with zero attached hydrogens (tertiary/aromatic N) is 1. The Hall–Kier alpha value is -0.0800. The molecule has 0 aromatic carbocycles. The van der Waals surface area contributed by atoms with E-state index in [2.05, 4.69) is 32.6 Å². The van der Waals surface area contributed by atoms with Crippen LogP contribution in [0, 0.1) is 0 Å². The van der Waals surface area contributed by atoms with Gasteiger partial charge in [-0.1, -0.05) is 40.5 Å². The highest BCUT2D eigenvalue weighted by molar-refractivity contribution is 4.64. The van der Waals surface area contributed by atoms with Gasteiger partial charge in [-0.15, -0.1) is 0 Å². The van der Waals surface area contributed by atoms with Gasteiger partial charge < -0.3 is 4.74 Å². The highest BCUT2D eigenvalue weighted by Crippen LogP contribution is 2.01. The maximum Gasteiger partial charge on any atom is 0.0594 e. The summed E-state index contributed by atoms with van der Waals surface area (Å²) in [4.78, 5) is 2.43. The predicted octanol–water partition coefficient (Wildman–Crippen LogP) is 3.56. The minimum Gasteiger partial charge on any atom is -0.379 e. The van der Waals surface area contributed by atoms with E-state index in [9.17, 15) is 0 Å². The van der Waals surface area contributed by atoms with Crippen LogP contribution < -0.4 is 0 Å². The molecule has 1 saturated heterocycles. The molecule has 94 valence electrons. The topological polar surface area (TPSA) is 12.5 Å². The van der Waals surface area contributed by atoms with Crippen molar-refractivity contribution in [2.45, 2.75) is 60.4 Å². The zero-order valence-electron chi connectivity index (χ0n) is 11.7. The number of hydrogen-bond acceptors (Lipinski definition) is 2. The van der Waals surface area contributed by atoms with Crippen molar-refractivity contribution in [1.29, 1.82) is 0 Å². The third-order valence-corrected chi connectivity index (χ3v) is 2.28. The molecule has 2 heteroatoms. The van der Waals surface area contributed by atoms with Crippen LogP contribution in [0.15, 0.2) is 0 Å². The van der Waals surface area contributed by atoms with E-state index in [4.69, 9.17) is 4.74 Å². The molecule has 1 aliphatic heterocycles. The third kappa shape index (κ3) is 11.8. The molecule has 1 aliphatic rings. The van der Waals surface area contributed by atoms with Crippen LogP contribution in [-0.4, -0.2) is 37.2 Å². The number of hydrogen-bond donors (Lipinski definition) is 0. The molecule has 15 heavy (non-hydrogen) atoms. The summed E-state index contributed by atoms with van der Waals surface area (Å²) in [5.74, 6) is 0. The summed E-state index contributed by atoms with van der Waals surface area (Å²) < 4.78 is 5.21. The molecule has 0 aromatic rings. The summed E-state index contributed by atoms with van der Waals surface area (Å²) >= 11 is 0. The van der Waals surface area contributed by atoms with E-state index < -0.39 is 0 Å². The van der Waals surface area contributed by atoms with E-state index >= 15 is 0 Å². The summed E-state index contributed by atoms with van der Waals surface area (Å²) in [7, 11) is 0. The van der Waals surface area contributed by atoms with Crippen molar-refractivity contribution in [3.63, 3.8) is 0 Å². The van der Waals surface area contributed by atoms with Gasteiger partial charge in [0.15, 0.2) is 0 Å². The van der Waals surface area contributed by atoms with Crippen molar-refractivity contribution < 1.29 is 4.74 Å². The van der Waals surface area contributed by atoms with E-state index in [-0.39, 0.29) is 0 Å². The average molecular weight is 217 g/mol. The SMILES string of the molecule is CC.CC(C)N1CCOCC1.CCCC. The van der Waals surface area contributed by atoms with Crippen LogP contribution in [0.25, 0.3) is 0 Å². The zero-order chi connectivity index (χ0) is 12.1. The summed E-state index contributed by atoms with van der Waals surface area (Å²) in [5, 5.41) is 0. The lowest BCUT2D eigenvalue weighted by atomic mass is 10.3. The molecular weight excluding hydrogens is 186 g/mol. The van der Waals surface area contributed by atoms with Crippen molar-refractivity contribution in [2.75, 3.05) is 26.3 Å². The number of unbranched alkanes of at least 4 members (excludes halogenated alkanes) is 1. The van der Waals surface area contributed by atoms with E-state index in [1.807, 2.05) is 13.8 Å². The van der Waals surface area contributed by atoms with Gasteiger partial charge in [0.1, 0.15) is 0 Å². The fraction of sp³-hybridized carbons (Fsp3) is 1.00. The van der Waals surface area contributed by atoms with Gasteiger partial charge in [-0.3, -0.25) is 4.90 Å². The maximum atomic E-state index is 5.21. The predicted molar refractivity (Wildman–Crippen MR) is 69.5 cm³/mol. The minimum atomic E-state index is 0.689. The lowest BCUT2D eigenvalue weighted by Gasteiger charge is -2.29. The first-order valence-corrected chi connectivity index (χ1v) is 6.54. The second-order valence-electron chi connectivity index (χ2n) is 3.74. The zero-order valence-corrected chi connectivity index (χ0v) is 11.7. The van der Waals surface area contributed by atoms with Gasteiger partial charge in [0.05, 0.1) is 13.2 Å². The van der Waals surface area contributed by atoms with Gasteiger partial charge in [0, 0.05) is 19.1 Å². The van der Waals surface area contributed by atoms with Crippen LogP contribution in [-0.2, 0) is 4.74 Å². The van der Waals surface area contributed by atoms with Crippen LogP contribution >= 0.6 is 0 Å². The first-order valence-electron chi connectivity index (χ1n) is 6.54. The molecule has 0 unspecified atom stereocenters. The van der Waals surface area contributed by atoms with Gasteiger partial charge in [0.25, 0.3) is 0 Å². The van der Waals surface area contributed by atoms with Gasteiger partial charge in [-0.25, -0.2) is 0 Å². The first kappa shape index (κ1) is 17.3. The Morgan fingerprint density at radius 1 is 1.00 bits per heavy atom. The Bertz CT molecular complexity index is 96.7. The minimum absolute atomic E-state index is 0.689. The van der Waals surface area contributed by atoms with Crippen LogP contribution in [0.2, 0.25) is 0 Å². The molecule has 0 N–H and O–H groups in total. The molecule has 0 atom stereocenters. The van der Waals surface area contributed by atoms with Gasteiger partial charge in [-0.2, -0.15) is 0 Å². The molecule has 1 rings (SSSR count). The Balaban J connectivity index is 0. The number of rotatable bonds is 2. The van der Waals surface area contributed by atoms with Gasteiger partial charge in [0.2, 0.25) is 0 Å². The summed E-state index contributed by atoms with van der Waals surface area (Å²) in [6, 6.07) is 0.689.